The number of nitrogen functional groups attached to an aromatic ring is 1. The molecule has 0 bridgehead atoms. The smallest absolute Gasteiger partial charge is 0.0601 e. The molecular formula is C12H18N2O. The van der Waals surface area contributed by atoms with Crippen LogP contribution in [0.3, 0.4) is 0 Å². The summed E-state index contributed by atoms with van der Waals surface area (Å²) in [4.78, 5) is 0. The fourth-order valence-electron chi connectivity index (χ4n) is 1.87. The molecule has 0 saturated heterocycles. The Morgan fingerprint density at radius 2 is 2.13 bits per heavy atom. The average Bonchev–Trinajstić information content (AvgIpc) is 2.18. The second-order valence-corrected chi connectivity index (χ2v) is 4.11. The summed E-state index contributed by atoms with van der Waals surface area (Å²) < 4.78 is 5.23. The van der Waals surface area contributed by atoms with Gasteiger partial charge in [0.2, 0.25) is 0 Å². The quantitative estimate of drug-likeness (QED) is 0.734. The Kier molecular flexibility index (Phi) is 3.23. The molecule has 0 heterocycles. The van der Waals surface area contributed by atoms with Crippen molar-refractivity contribution in [3.63, 3.8) is 0 Å². The number of nitrogens with two attached hydrogens (primary N) is 1. The number of hydrogen-bond donors (Lipinski definition) is 2. The van der Waals surface area contributed by atoms with Crippen molar-refractivity contribution in [2.24, 2.45) is 0 Å². The SMILES string of the molecule is COC1CC(NCc2ccccc2N)C1. The van der Waals surface area contributed by atoms with E-state index in [1.54, 1.807) is 7.11 Å². The maximum atomic E-state index is 5.86. The van der Waals surface area contributed by atoms with Crippen molar-refractivity contribution >= 4 is 5.69 Å². The minimum absolute atomic E-state index is 0.454. The molecule has 3 nitrogen and oxygen atoms in total. The van der Waals surface area contributed by atoms with Gasteiger partial charge in [-0.1, -0.05) is 18.2 Å². The highest BCUT2D eigenvalue weighted by Crippen LogP contribution is 2.23. The van der Waals surface area contributed by atoms with Crippen LogP contribution in [-0.4, -0.2) is 19.3 Å². The average molecular weight is 206 g/mol. The van der Waals surface area contributed by atoms with Crippen molar-refractivity contribution in [2.45, 2.75) is 31.5 Å². The lowest BCUT2D eigenvalue weighted by atomic mass is 9.89. The highest BCUT2D eigenvalue weighted by Gasteiger charge is 2.28. The minimum Gasteiger partial charge on any atom is -0.398 e. The van der Waals surface area contributed by atoms with E-state index in [9.17, 15) is 0 Å². The minimum atomic E-state index is 0.454. The van der Waals surface area contributed by atoms with Crippen molar-refractivity contribution in [1.29, 1.82) is 0 Å². The Morgan fingerprint density at radius 1 is 1.40 bits per heavy atom. The van der Waals surface area contributed by atoms with Gasteiger partial charge in [-0.05, 0) is 24.5 Å². The third kappa shape index (κ3) is 2.49. The number of para-hydroxylation sites is 1. The van der Waals surface area contributed by atoms with Crippen molar-refractivity contribution in [2.75, 3.05) is 12.8 Å². The van der Waals surface area contributed by atoms with Crippen molar-refractivity contribution < 1.29 is 4.74 Å². The molecule has 0 aliphatic heterocycles. The number of ether oxygens (including phenoxy) is 1. The van der Waals surface area contributed by atoms with Gasteiger partial charge in [-0.25, -0.2) is 0 Å². The van der Waals surface area contributed by atoms with Gasteiger partial charge in [0, 0.05) is 25.4 Å². The van der Waals surface area contributed by atoms with Gasteiger partial charge in [-0.3, -0.25) is 0 Å². The van der Waals surface area contributed by atoms with Crippen LogP contribution in [0.5, 0.6) is 0 Å². The van der Waals surface area contributed by atoms with Crippen LogP contribution in [0.1, 0.15) is 18.4 Å². The van der Waals surface area contributed by atoms with Gasteiger partial charge in [-0.15, -0.1) is 0 Å². The zero-order valence-corrected chi connectivity index (χ0v) is 9.07. The van der Waals surface area contributed by atoms with E-state index in [1.165, 1.54) is 5.56 Å². The zero-order valence-electron chi connectivity index (χ0n) is 9.07. The Bertz CT molecular complexity index is 321. The topological polar surface area (TPSA) is 47.3 Å². The fraction of sp³-hybridized carbons (Fsp3) is 0.500. The van der Waals surface area contributed by atoms with Gasteiger partial charge < -0.3 is 15.8 Å². The summed E-state index contributed by atoms with van der Waals surface area (Å²) in [5, 5.41) is 3.48. The molecule has 3 heteroatoms. The number of methoxy groups -OCH3 is 1. The highest BCUT2D eigenvalue weighted by atomic mass is 16.5. The number of hydrogen-bond acceptors (Lipinski definition) is 3. The largest absolute Gasteiger partial charge is 0.398 e. The summed E-state index contributed by atoms with van der Waals surface area (Å²) in [6.07, 6.45) is 2.68. The van der Waals surface area contributed by atoms with Crippen molar-refractivity contribution in [3.05, 3.63) is 29.8 Å². The van der Waals surface area contributed by atoms with Crippen LogP contribution in [0.4, 0.5) is 5.69 Å². The summed E-state index contributed by atoms with van der Waals surface area (Å²) in [7, 11) is 1.77. The summed E-state index contributed by atoms with van der Waals surface area (Å²) in [6.45, 7) is 0.855. The van der Waals surface area contributed by atoms with E-state index in [4.69, 9.17) is 10.5 Å². The molecular weight excluding hydrogens is 188 g/mol. The Morgan fingerprint density at radius 3 is 2.80 bits per heavy atom. The Labute approximate surface area is 90.6 Å². The maximum absolute atomic E-state index is 5.86. The summed E-state index contributed by atoms with van der Waals surface area (Å²) in [5.41, 5.74) is 7.90. The van der Waals surface area contributed by atoms with Gasteiger partial charge in [0.05, 0.1) is 6.10 Å². The lowest BCUT2D eigenvalue weighted by Gasteiger charge is -2.34. The number of nitrogens with one attached hydrogen (secondary N) is 1. The van der Waals surface area contributed by atoms with E-state index in [0.717, 1.165) is 25.1 Å². The fourth-order valence-corrected chi connectivity index (χ4v) is 1.87. The van der Waals surface area contributed by atoms with Gasteiger partial charge >= 0.3 is 0 Å². The first-order chi connectivity index (χ1) is 7.29. The standard InChI is InChI=1S/C12H18N2O/c1-15-11-6-10(7-11)14-8-9-4-2-3-5-12(9)13/h2-5,10-11,14H,6-8,13H2,1H3. The lowest BCUT2D eigenvalue weighted by Crippen LogP contribution is -2.44. The first-order valence-corrected chi connectivity index (χ1v) is 5.39. The first-order valence-electron chi connectivity index (χ1n) is 5.39. The van der Waals surface area contributed by atoms with Crippen LogP contribution >= 0.6 is 0 Å². The van der Waals surface area contributed by atoms with Gasteiger partial charge in [-0.2, -0.15) is 0 Å². The second-order valence-electron chi connectivity index (χ2n) is 4.11. The molecule has 1 aromatic carbocycles. The first kappa shape index (κ1) is 10.5. The monoisotopic (exact) mass is 206 g/mol. The van der Waals surface area contributed by atoms with Crippen LogP contribution in [0.15, 0.2) is 24.3 Å². The Hall–Kier alpha value is -1.06. The molecule has 1 fully saturated rings. The second kappa shape index (κ2) is 4.64. The third-order valence-corrected chi connectivity index (χ3v) is 3.06. The normalized spacial score (nSPS) is 24.9. The molecule has 0 spiro atoms. The van der Waals surface area contributed by atoms with Gasteiger partial charge in [0.1, 0.15) is 0 Å². The Balaban J connectivity index is 1.77. The molecule has 3 N–H and O–H groups in total. The molecule has 1 aromatic rings. The van der Waals surface area contributed by atoms with Crippen LogP contribution in [-0.2, 0) is 11.3 Å². The molecule has 1 aliphatic rings. The summed E-state index contributed by atoms with van der Waals surface area (Å²) in [6, 6.07) is 8.58. The molecule has 0 atom stereocenters. The molecule has 2 rings (SSSR count). The summed E-state index contributed by atoms with van der Waals surface area (Å²) in [5.74, 6) is 0. The molecule has 0 unspecified atom stereocenters. The number of benzene rings is 1. The molecule has 1 saturated carbocycles. The van der Waals surface area contributed by atoms with Crippen LogP contribution in [0.25, 0.3) is 0 Å². The van der Waals surface area contributed by atoms with Crippen LogP contribution in [0, 0.1) is 0 Å². The molecule has 1 aliphatic carbocycles. The molecule has 0 aromatic heterocycles. The van der Waals surface area contributed by atoms with E-state index < -0.39 is 0 Å². The van der Waals surface area contributed by atoms with E-state index in [1.807, 2.05) is 18.2 Å². The van der Waals surface area contributed by atoms with E-state index in [0.29, 0.717) is 12.1 Å². The highest BCUT2D eigenvalue weighted by molar-refractivity contribution is 5.46. The van der Waals surface area contributed by atoms with Crippen molar-refractivity contribution in [3.8, 4) is 0 Å². The van der Waals surface area contributed by atoms with E-state index >= 15 is 0 Å². The van der Waals surface area contributed by atoms with Gasteiger partial charge in [0.15, 0.2) is 0 Å². The van der Waals surface area contributed by atoms with E-state index in [2.05, 4.69) is 11.4 Å². The third-order valence-electron chi connectivity index (χ3n) is 3.06. The predicted molar refractivity (Wildman–Crippen MR) is 61.5 cm³/mol. The van der Waals surface area contributed by atoms with Gasteiger partial charge in [0.25, 0.3) is 0 Å². The molecule has 82 valence electrons. The van der Waals surface area contributed by atoms with E-state index in [-0.39, 0.29) is 0 Å². The van der Waals surface area contributed by atoms with Crippen LogP contribution in [0.2, 0.25) is 0 Å². The van der Waals surface area contributed by atoms with Crippen LogP contribution < -0.4 is 11.1 Å². The number of rotatable bonds is 4. The lowest BCUT2D eigenvalue weighted by molar-refractivity contribution is 0.0170. The number of anilines is 1. The van der Waals surface area contributed by atoms with Crippen molar-refractivity contribution in [1.82, 2.24) is 5.32 Å². The molecule has 15 heavy (non-hydrogen) atoms. The molecule has 0 radical (unpaired) electrons. The summed E-state index contributed by atoms with van der Waals surface area (Å²) >= 11 is 0. The predicted octanol–water partition coefficient (Wildman–Crippen LogP) is 1.54. The maximum Gasteiger partial charge on any atom is 0.0601 e. The zero-order chi connectivity index (χ0) is 10.7. The molecule has 0 amide bonds.